The molecule has 0 radical (unpaired) electrons. The molecule has 0 amide bonds. The summed E-state index contributed by atoms with van der Waals surface area (Å²) in [6.07, 6.45) is 2.58. The SMILES string of the molecule is COc1ccc(S(=O)(=O)N2CCCCC2)cc1NS(=O)(=O)c1cc(Cl)cc(Cl)c1. The third kappa shape index (κ3) is 4.97. The third-order valence-electron chi connectivity index (χ3n) is 4.51. The van der Waals surface area contributed by atoms with Gasteiger partial charge in [0.05, 0.1) is 22.6 Å². The summed E-state index contributed by atoms with van der Waals surface area (Å²) < 4.78 is 60.4. The number of benzene rings is 2. The number of hydrogen-bond acceptors (Lipinski definition) is 5. The van der Waals surface area contributed by atoms with Gasteiger partial charge >= 0.3 is 0 Å². The van der Waals surface area contributed by atoms with Crippen LogP contribution in [0.4, 0.5) is 5.69 Å². The smallest absolute Gasteiger partial charge is 0.262 e. The predicted molar refractivity (Wildman–Crippen MR) is 113 cm³/mol. The van der Waals surface area contributed by atoms with Crippen LogP contribution >= 0.6 is 23.2 Å². The molecule has 2 aromatic rings. The van der Waals surface area contributed by atoms with E-state index in [0.29, 0.717) is 13.1 Å². The first-order valence-corrected chi connectivity index (χ1v) is 12.5. The Hall–Kier alpha value is -1.52. The molecule has 3 rings (SSSR count). The van der Waals surface area contributed by atoms with Gasteiger partial charge in [0.2, 0.25) is 10.0 Å². The van der Waals surface area contributed by atoms with E-state index in [9.17, 15) is 16.8 Å². The largest absolute Gasteiger partial charge is 0.495 e. The van der Waals surface area contributed by atoms with E-state index in [1.807, 2.05) is 0 Å². The van der Waals surface area contributed by atoms with Crippen molar-refractivity contribution in [3.05, 3.63) is 46.4 Å². The molecule has 1 fully saturated rings. The normalized spacial score (nSPS) is 15.8. The van der Waals surface area contributed by atoms with Crippen LogP contribution in [-0.2, 0) is 20.0 Å². The summed E-state index contributed by atoms with van der Waals surface area (Å²) in [6.45, 7) is 0.882. The van der Waals surface area contributed by atoms with Crippen LogP contribution in [0.3, 0.4) is 0 Å². The molecule has 1 heterocycles. The molecule has 158 valence electrons. The van der Waals surface area contributed by atoms with Gasteiger partial charge in [-0.15, -0.1) is 0 Å². The van der Waals surface area contributed by atoms with Gasteiger partial charge < -0.3 is 4.74 Å². The summed E-state index contributed by atoms with van der Waals surface area (Å²) in [4.78, 5) is -0.164. The molecule has 1 aliphatic rings. The van der Waals surface area contributed by atoms with E-state index >= 15 is 0 Å². The van der Waals surface area contributed by atoms with Crippen molar-refractivity contribution < 1.29 is 21.6 Å². The van der Waals surface area contributed by atoms with Gasteiger partial charge in [-0.1, -0.05) is 29.6 Å². The minimum absolute atomic E-state index is 0.00156. The second-order valence-corrected chi connectivity index (χ2v) is 11.0. The number of hydrogen-bond donors (Lipinski definition) is 1. The highest BCUT2D eigenvalue weighted by atomic mass is 35.5. The van der Waals surface area contributed by atoms with E-state index < -0.39 is 20.0 Å². The number of sulfonamides is 2. The summed E-state index contributed by atoms with van der Waals surface area (Å²) in [5, 5.41) is 0.317. The van der Waals surface area contributed by atoms with Gasteiger partial charge in [-0.05, 0) is 49.2 Å². The lowest BCUT2D eigenvalue weighted by Crippen LogP contribution is -2.35. The quantitative estimate of drug-likeness (QED) is 0.677. The molecule has 0 saturated carbocycles. The lowest BCUT2D eigenvalue weighted by Gasteiger charge is -2.26. The van der Waals surface area contributed by atoms with Crippen LogP contribution < -0.4 is 9.46 Å². The molecule has 1 saturated heterocycles. The van der Waals surface area contributed by atoms with E-state index in [1.54, 1.807) is 0 Å². The minimum atomic E-state index is -4.09. The standard InChI is InChI=1S/C18H20Cl2N2O5S2/c1-27-18-6-5-15(29(25,26)22-7-3-2-4-8-22)12-17(18)21-28(23,24)16-10-13(19)9-14(20)11-16/h5-6,9-12,21H,2-4,7-8H2,1H3. The molecular formula is C18H20Cl2N2O5S2. The van der Waals surface area contributed by atoms with Crippen molar-refractivity contribution in [3.8, 4) is 5.75 Å². The fourth-order valence-corrected chi connectivity index (χ4v) is 6.40. The maximum absolute atomic E-state index is 12.9. The highest BCUT2D eigenvalue weighted by Gasteiger charge is 2.27. The van der Waals surface area contributed by atoms with E-state index in [4.69, 9.17) is 27.9 Å². The van der Waals surface area contributed by atoms with Gasteiger partial charge in [-0.2, -0.15) is 4.31 Å². The Bertz CT molecular complexity index is 1090. The Morgan fingerprint density at radius 3 is 2.10 bits per heavy atom. The average molecular weight is 479 g/mol. The van der Waals surface area contributed by atoms with Crippen LogP contribution in [0.15, 0.2) is 46.2 Å². The van der Waals surface area contributed by atoms with Gasteiger partial charge in [0.1, 0.15) is 5.75 Å². The van der Waals surface area contributed by atoms with E-state index in [-0.39, 0.29) is 31.3 Å². The molecule has 0 aliphatic carbocycles. The highest BCUT2D eigenvalue weighted by molar-refractivity contribution is 7.92. The van der Waals surface area contributed by atoms with Crippen LogP contribution in [0, 0.1) is 0 Å². The number of halogens is 2. The molecule has 11 heteroatoms. The number of nitrogens with one attached hydrogen (secondary N) is 1. The first-order chi connectivity index (χ1) is 13.6. The first-order valence-electron chi connectivity index (χ1n) is 8.80. The number of anilines is 1. The molecule has 2 aromatic carbocycles. The van der Waals surface area contributed by atoms with Gasteiger partial charge in [0.25, 0.3) is 10.0 Å². The first kappa shape index (κ1) is 22.2. The maximum Gasteiger partial charge on any atom is 0.262 e. The molecular weight excluding hydrogens is 459 g/mol. The maximum atomic E-state index is 12.9. The molecule has 0 bridgehead atoms. The van der Waals surface area contributed by atoms with Gasteiger partial charge in [-0.25, -0.2) is 16.8 Å². The molecule has 1 N–H and O–H groups in total. The molecule has 7 nitrogen and oxygen atoms in total. The monoisotopic (exact) mass is 478 g/mol. The number of nitrogens with zero attached hydrogens (tertiary/aromatic N) is 1. The molecule has 29 heavy (non-hydrogen) atoms. The summed E-state index contributed by atoms with van der Waals surface area (Å²) in [5.74, 6) is 0.180. The highest BCUT2D eigenvalue weighted by Crippen LogP contribution is 2.32. The van der Waals surface area contributed by atoms with Crippen molar-refractivity contribution in [2.45, 2.75) is 29.1 Å². The van der Waals surface area contributed by atoms with Crippen LogP contribution in [0.5, 0.6) is 5.75 Å². The van der Waals surface area contributed by atoms with E-state index in [1.165, 1.54) is 47.8 Å². The Morgan fingerprint density at radius 1 is 0.897 bits per heavy atom. The minimum Gasteiger partial charge on any atom is -0.495 e. The van der Waals surface area contributed by atoms with Gasteiger partial charge in [0.15, 0.2) is 0 Å². The van der Waals surface area contributed by atoms with Crippen LogP contribution in [0.1, 0.15) is 19.3 Å². The van der Waals surface area contributed by atoms with E-state index in [2.05, 4.69) is 4.72 Å². The molecule has 1 aliphatic heterocycles. The zero-order valence-electron chi connectivity index (χ0n) is 15.6. The Morgan fingerprint density at radius 2 is 1.52 bits per heavy atom. The summed E-state index contributed by atoms with van der Waals surface area (Å²) in [5.41, 5.74) is 0.00156. The second kappa shape index (κ2) is 8.69. The van der Waals surface area contributed by atoms with Crippen LogP contribution in [-0.4, -0.2) is 41.3 Å². The van der Waals surface area contributed by atoms with Gasteiger partial charge in [0, 0.05) is 23.1 Å². The molecule has 0 spiro atoms. The number of rotatable bonds is 6. The molecule has 0 atom stereocenters. The third-order valence-corrected chi connectivity index (χ3v) is 8.19. The fourth-order valence-electron chi connectivity index (χ4n) is 3.07. The second-order valence-electron chi connectivity index (χ2n) is 6.54. The zero-order chi connectivity index (χ0) is 21.2. The summed E-state index contributed by atoms with van der Waals surface area (Å²) >= 11 is 11.8. The molecule has 0 aromatic heterocycles. The zero-order valence-corrected chi connectivity index (χ0v) is 18.7. The predicted octanol–water partition coefficient (Wildman–Crippen LogP) is 3.98. The number of ether oxygens (including phenoxy) is 1. The number of methoxy groups -OCH3 is 1. The van der Waals surface area contributed by atoms with E-state index in [0.717, 1.165) is 19.3 Å². The average Bonchev–Trinajstić information content (AvgIpc) is 2.67. The van der Waals surface area contributed by atoms with Crippen molar-refractivity contribution in [1.29, 1.82) is 0 Å². The van der Waals surface area contributed by atoms with Crippen molar-refractivity contribution in [1.82, 2.24) is 4.31 Å². The Labute approximate surface area is 180 Å². The lowest BCUT2D eigenvalue weighted by molar-refractivity contribution is 0.346. The summed E-state index contributed by atoms with van der Waals surface area (Å²) in [7, 11) is -6.46. The van der Waals surface area contributed by atoms with Crippen molar-refractivity contribution in [3.63, 3.8) is 0 Å². The van der Waals surface area contributed by atoms with Crippen molar-refractivity contribution in [2.75, 3.05) is 24.9 Å². The summed E-state index contributed by atoms with van der Waals surface area (Å²) in [6, 6.07) is 7.98. The van der Waals surface area contributed by atoms with Gasteiger partial charge in [-0.3, -0.25) is 4.72 Å². The topological polar surface area (TPSA) is 92.8 Å². The van der Waals surface area contributed by atoms with Crippen molar-refractivity contribution >= 4 is 48.9 Å². The lowest BCUT2D eigenvalue weighted by atomic mass is 10.2. The van der Waals surface area contributed by atoms with Crippen molar-refractivity contribution in [2.24, 2.45) is 0 Å². The van der Waals surface area contributed by atoms with Crippen LogP contribution in [0.2, 0.25) is 10.0 Å². The Kier molecular flexibility index (Phi) is 6.64. The fraction of sp³-hybridized carbons (Fsp3) is 0.333. The Balaban J connectivity index is 1.99. The van der Waals surface area contributed by atoms with Crippen LogP contribution in [0.25, 0.3) is 0 Å². The number of piperidine rings is 1. The molecule has 0 unspecified atom stereocenters.